The van der Waals surface area contributed by atoms with Crippen LogP contribution in [0, 0.1) is 11.3 Å². The van der Waals surface area contributed by atoms with Crippen LogP contribution in [0.25, 0.3) is 55.7 Å². The Morgan fingerprint density at radius 3 is 1.57 bits per heavy atom. The number of benzene rings is 5. The van der Waals surface area contributed by atoms with E-state index in [0.29, 0.717) is 50.5 Å². The van der Waals surface area contributed by atoms with Crippen LogP contribution in [-0.2, 0) is 38.2 Å². The van der Waals surface area contributed by atoms with Crippen LogP contribution in [0.2, 0.25) is 0 Å². The SMILES string of the molecule is [2H]C([2H])(c1ccc(-c2cccc3c2oc2cc(C#N)ccc23)nc1)C([2H])([2H])c1cc(C([2H])([2H])C([2H])([2H])c2cnc(-c3ccccc3)cc2C(C)C)cc(C([2H])([2H])C([2H])([2H])c2cnc(-c3ccccc3)cc2C(C)C)c1. The molecule has 0 saturated carbocycles. The molecular formula is C58H52N4O. The molecule has 0 spiro atoms. The Labute approximate surface area is 388 Å². The molecule has 0 unspecified atom stereocenters. The minimum atomic E-state index is -3.13. The molecule has 0 atom stereocenters. The topological polar surface area (TPSA) is 75.6 Å². The number of hydrogen-bond donors (Lipinski definition) is 0. The van der Waals surface area contributed by atoms with Crippen molar-refractivity contribution in [2.45, 2.75) is 77.8 Å². The summed E-state index contributed by atoms with van der Waals surface area (Å²) in [6.45, 7) is 7.35. The predicted molar refractivity (Wildman–Crippen MR) is 258 cm³/mol. The highest BCUT2D eigenvalue weighted by atomic mass is 16.3. The van der Waals surface area contributed by atoms with Gasteiger partial charge in [-0.3, -0.25) is 15.0 Å². The third kappa shape index (κ3) is 9.22. The average Bonchev–Trinajstić information content (AvgIpc) is 3.80. The lowest BCUT2D eigenvalue weighted by Gasteiger charge is -2.16. The van der Waals surface area contributed by atoms with E-state index in [-0.39, 0.29) is 28.5 Å². The zero-order valence-electron chi connectivity index (χ0n) is 47.4. The first kappa shape index (κ1) is 29.2. The van der Waals surface area contributed by atoms with Crippen molar-refractivity contribution in [2.75, 3.05) is 0 Å². The summed E-state index contributed by atoms with van der Waals surface area (Å²) in [5, 5.41) is 11.0. The van der Waals surface area contributed by atoms with Gasteiger partial charge in [0.2, 0.25) is 0 Å². The number of aryl methyl sites for hydroxylation is 6. The molecule has 310 valence electrons. The Morgan fingerprint density at radius 1 is 0.508 bits per heavy atom. The van der Waals surface area contributed by atoms with E-state index in [0.717, 1.165) is 40.1 Å². The first-order chi connectivity index (χ1) is 35.3. The van der Waals surface area contributed by atoms with E-state index in [1.807, 2.05) is 100 Å². The summed E-state index contributed by atoms with van der Waals surface area (Å²) in [4.78, 5) is 13.7. The molecule has 5 aromatic carbocycles. The fourth-order valence-corrected chi connectivity index (χ4v) is 7.60. The van der Waals surface area contributed by atoms with Crippen LogP contribution < -0.4 is 0 Å². The van der Waals surface area contributed by atoms with E-state index >= 15 is 0 Å². The molecule has 0 N–H and O–H groups in total. The van der Waals surface area contributed by atoms with E-state index in [9.17, 15) is 21.7 Å². The van der Waals surface area contributed by atoms with Crippen molar-refractivity contribution >= 4 is 21.9 Å². The highest BCUT2D eigenvalue weighted by Gasteiger charge is 2.16. The van der Waals surface area contributed by atoms with Crippen LogP contribution in [0.1, 0.15) is 106 Å². The Kier molecular flexibility index (Phi) is 8.55. The summed E-state index contributed by atoms with van der Waals surface area (Å²) >= 11 is 0. The van der Waals surface area contributed by atoms with Crippen LogP contribution in [-0.4, -0.2) is 15.0 Å². The van der Waals surface area contributed by atoms with Crippen molar-refractivity contribution in [2.24, 2.45) is 0 Å². The molecular weight excluding hydrogens is 769 g/mol. The summed E-state index contributed by atoms with van der Waals surface area (Å²) in [5.41, 5.74) is 3.66. The van der Waals surface area contributed by atoms with Gasteiger partial charge in [0, 0.05) is 62.5 Å². The molecule has 5 heteroatoms. The second kappa shape index (κ2) is 18.4. The van der Waals surface area contributed by atoms with Gasteiger partial charge in [-0.15, -0.1) is 0 Å². The lowest BCUT2D eigenvalue weighted by Crippen LogP contribution is -2.04. The van der Waals surface area contributed by atoms with E-state index in [2.05, 4.69) is 21.0 Å². The van der Waals surface area contributed by atoms with Gasteiger partial charge in [0.15, 0.2) is 0 Å². The van der Waals surface area contributed by atoms with Crippen LogP contribution in [0.4, 0.5) is 0 Å². The van der Waals surface area contributed by atoms with Gasteiger partial charge in [-0.05, 0) is 137 Å². The summed E-state index contributed by atoms with van der Waals surface area (Å²) in [7, 11) is 0. The molecule has 0 bridgehead atoms. The molecule has 0 fully saturated rings. The number of pyridine rings is 3. The Hall–Kier alpha value is -7.16. The first-order valence-electron chi connectivity index (χ1n) is 26.9. The number of para-hydroxylation sites is 1. The number of furan rings is 1. The fraction of sp³-hybridized carbons (Fsp3) is 0.207. The molecule has 9 aromatic rings. The molecule has 4 heterocycles. The number of nitriles is 1. The molecule has 0 aliphatic carbocycles. The van der Waals surface area contributed by atoms with Crippen molar-refractivity contribution in [3.63, 3.8) is 0 Å². The molecule has 0 aliphatic heterocycles. The maximum absolute atomic E-state index is 9.71. The number of aromatic nitrogens is 3. The highest BCUT2D eigenvalue weighted by molar-refractivity contribution is 6.09. The maximum atomic E-state index is 9.71. The van der Waals surface area contributed by atoms with Gasteiger partial charge in [-0.25, -0.2) is 0 Å². The Bertz CT molecular complexity index is 3510. The molecule has 5 nitrogen and oxygen atoms in total. The standard InChI is InChI=1S/C58H52N4O/c1-38(2)52-32-55(45-12-7-5-8-13-45)61-36-47(52)24-20-42-28-41(29-43(30-42)21-25-48-37-62-56(33-53(48)39(3)4)46-14-9-6-10-15-46)19-18-40-23-27-54(60-35-40)51-17-11-16-50-49-26-22-44(34-59)31-57(49)63-58(50)51/h5-17,22-23,26-33,35-39H,18-21,24-25H2,1-4H3/i18D2,19D2,20D2,21D2,24D2,25D2. The van der Waals surface area contributed by atoms with Gasteiger partial charge < -0.3 is 4.42 Å². The van der Waals surface area contributed by atoms with Crippen LogP contribution in [0.3, 0.4) is 0 Å². The second-order valence-corrected chi connectivity index (χ2v) is 15.9. The smallest absolute Gasteiger partial charge is 0.144 e. The summed E-state index contributed by atoms with van der Waals surface area (Å²) < 4.78 is 122. The largest absolute Gasteiger partial charge is 0.455 e. The van der Waals surface area contributed by atoms with Crippen LogP contribution in [0.5, 0.6) is 0 Å². The van der Waals surface area contributed by atoms with Gasteiger partial charge in [-0.1, -0.05) is 125 Å². The third-order valence-corrected chi connectivity index (χ3v) is 10.9. The minimum Gasteiger partial charge on any atom is -0.455 e. The molecule has 0 radical (unpaired) electrons. The molecule has 0 aliphatic rings. The first-order valence-corrected chi connectivity index (χ1v) is 20.9. The average molecular weight is 833 g/mol. The Balaban J connectivity index is 1.18. The van der Waals surface area contributed by atoms with Gasteiger partial charge in [0.25, 0.3) is 0 Å². The number of hydrogen-bond acceptors (Lipinski definition) is 5. The van der Waals surface area contributed by atoms with Crippen molar-refractivity contribution in [3.05, 3.63) is 208 Å². The molecule has 4 aromatic heterocycles. The van der Waals surface area contributed by atoms with Gasteiger partial charge in [0.05, 0.1) is 28.7 Å². The Morgan fingerprint density at radius 2 is 1.05 bits per heavy atom. The summed E-state index contributed by atoms with van der Waals surface area (Å²) in [5.74, 6) is -0.662. The van der Waals surface area contributed by atoms with E-state index in [1.165, 1.54) is 30.7 Å². The monoisotopic (exact) mass is 832 g/mol. The molecule has 63 heavy (non-hydrogen) atoms. The minimum absolute atomic E-state index is 0.103. The van der Waals surface area contributed by atoms with E-state index in [1.54, 1.807) is 36.4 Å². The van der Waals surface area contributed by atoms with E-state index in [4.69, 9.17) is 4.42 Å². The lowest BCUT2D eigenvalue weighted by atomic mass is 9.90. The zero-order chi connectivity index (χ0) is 54.0. The summed E-state index contributed by atoms with van der Waals surface area (Å²) in [6, 6.07) is 40.5. The van der Waals surface area contributed by atoms with Crippen molar-refractivity contribution in [1.29, 1.82) is 5.26 Å². The normalized spacial score (nSPS) is 15.7. The number of rotatable bonds is 14. The maximum Gasteiger partial charge on any atom is 0.144 e. The van der Waals surface area contributed by atoms with Crippen LogP contribution >= 0.6 is 0 Å². The van der Waals surface area contributed by atoms with Crippen LogP contribution in [0.15, 0.2) is 163 Å². The lowest BCUT2D eigenvalue weighted by molar-refractivity contribution is 0.669. The van der Waals surface area contributed by atoms with Crippen molar-refractivity contribution in [1.82, 2.24) is 15.0 Å². The predicted octanol–water partition coefficient (Wildman–Crippen LogP) is 14.2. The molecule has 9 rings (SSSR count). The highest BCUT2D eigenvalue weighted by Crippen LogP contribution is 2.36. The van der Waals surface area contributed by atoms with Gasteiger partial charge >= 0.3 is 0 Å². The van der Waals surface area contributed by atoms with Gasteiger partial charge in [0.1, 0.15) is 11.2 Å². The second-order valence-electron chi connectivity index (χ2n) is 15.9. The van der Waals surface area contributed by atoms with Gasteiger partial charge in [-0.2, -0.15) is 5.26 Å². The van der Waals surface area contributed by atoms with Crippen molar-refractivity contribution in [3.8, 4) is 39.8 Å². The van der Waals surface area contributed by atoms with Crippen molar-refractivity contribution < 1.29 is 20.9 Å². The number of fused-ring (bicyclic) bond motifs is 3. The zero-order valence-corrected chi connectivity index (χ0v) is 35.4. The quantitative estimate of drug-likeness (QED) is 0.109. The molecule has 0 amide bonds. The fourth-order valence-electron chi connectivity index (χ4n) is 7.60. The molecule has 0 saturated heterocycles. The number of nitrogens with zero attached hydrogens (tertiary/aromatic N) is 4. The summed E-state index contributed by atoms with van der Waals surface area (Å²) in [6.07, 6.45) is -14.5. The third-order valence-electron chi connectivity index (χ3n) is 10.9. The van der Waals surface area contributed by atoms with E-state index < -0.39 is 54.9 Å².